The molecular formula is C10H11N3O3. The third kappa shape index (κ3) is 3.41. The molecule has 0 atom stereocenters. The normalized spacial score (nSPS) is 9.06. The predicted molar refractivity (Wildman–Crippen MR) is 59.2 cm³/mol. The fourth-order valence-corrected chi connectivity index (χ4v) is 1.00. The van der Waals surface area contributed by atoms with Crippen LogP contribution in [0.4, 0.5) is 16.2 Å². The summed E-state index contributed by atoms with van der Waals surface area (Å²) in [6.45, 7) is 0. The van der Waals surface area contributed by atoms with Gasteiger partial charge in [0.15, 0.2) is 0 Å². The molecule has 0 saturated heterocycles. The van der Waals surface area contributed by atoms with Gasteiger partial charge in [0.2, 0.25) is 6.29 Å². The molecule has 84 valence electrons. The number of hydrogen-bond acceptors (Lipinski definition) is 3. The number of nitrogens with one attached hydrogen (secondary N) is 3. The third-order valence-corrected chi connectivity index (χ3v) is 1.74. The molecule has 0 aliphatic rings. The molecule has 16 heavy (non-hydrogen) atoms. The van der Waals surface area contributed by atoms with E-state index in [9.17, 15) is 14.4 Å². The number of hydrogen-bond donors (Lipinski definition) is 3. The average molecular weight is 221 g/mol. The number of benzene rings is 1. The maximum atomic E-state index is 11.0. The highest BCUT2D eigenvalue weighted by Crippen LogP contribution is 2.12. The van der Waals surface area contributed by atoms with Gasteiger partial charge in [-0.05, 0) is 24.3 Å². The summed E-state index contributed by atoms with van der Waals surface area (Å²) < 4.78 is 0. The Balaban J connectivity index is 2.64. The molecule has 0 fully saturated rings. The van der Waals surface area contributed by atoms with Crippen LogP contribution in [-0.2, 0) is 9.59 Å². The Labute approximate surface area is 92.0 Å². The molecule has 0 aliphatic carbocycles. The highest BCUT2D eigenvalue weighted by molar-refractivity contribution is 6.29. The van der Waals surface area contributed by atoms with Gasteiger partial charge < -0.3 is 16.0 Å². The topological polar surface area (TPSA) is 87.3 Å². The number of carbonyl (C=O) groups excluding carboxylic acids is 3. The van der Waals surface area contributed by atoms with Crippen molar-refractivity contribution in [2.45, 2.75) is 0 Å². The van der Waals surface area contributed by atoms with E-state index in [1.807, 2.05) is 0 Å². The molecule has 1 aromatic carbocycles. The zero-order valence-corrected chi connectivity index (χ0v) is 8.61. The lowest BCUT2D eigenvalue weighted by molar-refractivity contribution is -0.127. The van der Waals surface area contributed by atoms with Crippen LogP contribution in [0.3, 0.4) is 0 Å². The first-order valence-electron chi connectivity index (χ1n) is 4.50. The van der Waals surface area contributed by atoms with E-state index in [0.717, 1.165) is 0 Å². The van der Waals surface area contributed by atoms with Crippen LogP contribution < -0.4 is 16.0 Å². The lowest BCUT2D eigenvalue weighted by Crippen LogP contribution is -2.24. The largest absolute Gasteiger partial charge is 0.341 e. The summed E-state index contributed by atoms with van der Waals surface area (Å²) in [6.07, 6.45) is 0.191. The number of rotatable bonds is 3. The van der Waals surface area contributed by atoms with Crippen molar-refractivity contribution in [2.75, 3.05) is 17.7 Å². The maximum absolute atomic E-state index is 11.0. The van der Waals surface area contributed by atoms with Crippen LogP contribution in [0.5, 0.6) is 0 Å². The average Bonchev–Trinajstić information content (AvgIpc) is 2.31. The summed E-state index contributed by atoms with van der Waals surface area (Å²) >= 11 is 0. The van der Waals surface area contributed by atoms with Crippen LogP contribution in [0.1, 0.15) is 0 Å². The third-order valence-electron chi connectivity index (χ3n) is 1.74. The van der Waals surface area contributed by atoms with Gasteiger partial charge in [-0.1, -0.05) is 0 Å². The fourth-order valence-electron chi connectivity index (χ4n) is 1.00. The molecular weight excluding hydrogens is 210 g/mol. The zero-order valence-electron chi connectivity index (χ0n) is 8.61. The van der Waals surface area contributed by atoms with Crippen LogP contribution in [-0.4, -0.2) is 25.3 Å². The SMILES string of the molecule is CNC(=O)Nc1ccc(NC(=O)C=O)cc1. The number of amides is 3. The minimum Gasteiger partial charge on any atom is -0.341 e. The van der Waals surface area contributed by atoms with Crippen LogP contribution in [0.15, 0.2) is 24.3 Å². The van der Waals surface area contributed by atoms with E-state index in [1.165, 1.54) is 7.05 Å². The summed E-state index contributed by atoms with van der Waals surface area (Å²) in [5.41, 5.74) is 1.07. The van der Waals surface area contributed by atoms with Gasteiger partial charge in [-0.15, -0.1) is 0 Å². The highest BCUT2D eigenvalue weighted by atomic mass is 16.2. The van der Waals surface area contributed by atoms with Crippen molar-refractivity contribution < 1.29 is 14.4 Å². The fraction of sp³-hybridized carbons (Fsp3) is 0.100. The molecule has 0 heterocycles. The molecule has 0 aliphatic heterocycles. The highest BCUT2D eigenvalue weighted by Gasteiger charge is 2.01. The molecule has 3 amide bonds. The van der Waals surface area contributed by atoms with E-state index in [-0.39, 0.29) is 12.3 Å². The monoisotopic (exact) mass is 221 g/mol. The minimum atomic E-state index is -0.716. The van der Waals surface area contributed by atoms with Gasteiger partial charge >= 0.3 is 6.03 Å². The van der Waals surface area contributed by atoms with Crippen LogP contribution in [0, 0.1) is 0 Å². The summed E-state index contributed by atoms with van der Waals surface area (Å²) in [7, 11) is 1.51. The first-order valence-corrected chi connectivity index (χ1v) is 4.50. The first kappa shape index (κ1) is 11.7. The van der Waals surface area contributed by atoms with E-state index in [0.29, 0.717) is 11.4 Å². The zero-order chi connectivity index (χ0) is 12.0. The van der Waals surface area contributed by atoms with Gasteiger partial charge in [0, 0.05) is 18.4 Å². The second-order valence-electron chi connectivity index (χ2n) is 2.89. The van der Waals surface area contributed by atoms with Crippen molar-refractivity contribution in [2.24, 2.45) is 0 Å². The standard InChI is InChI=1S/C10H11N3O3/c1-11-10(16)13-8-4-2-7(3-5-8)12-9(15)6-14/h2-6H,1H3,(H,12,15)(H2,11,13,16). The number of aldehydes is 1. The second-order valence-corrected chi connectivity index (χ2v) is 2.89. The van der Waals surface area contributed by atoms with Crippen LogP contribution in [0.2, 0.25) is 0 Å². The Hall–Kier alpha value is -2.37. The summed E-state index contributed by atoms with van der Waals surface area (Å²) in [6, 6.07) is 6.04. The molecule has 0 spiro atoms. The van der Waals surface area contributed by atoms with E-state index in [2.05, 4.69) is 16.0 Å². The van der Waals surface area contributed by atoms with Gasteiger partial charge in [-0.3, -0.25) is 9.59 Å². The Kier molecular flexibility index (Phi) is 4.02. The molecule has 6 nitrogen and oxygen atoms in total. The molecule has 1 aromatic rings. The van der Waals surface area contributed by atoms with Crippen molar-refractivity contribution >= 4 is 29.6 Å². The van der Waals surface area contributed by atoms with E-state index in [1.54, 1.807) is 24.3 Å². The van der Waals surface area contributed by atoms with E-state index in [4.69, 9.17) is 0 Å². The van der Waals surface area contributed by atoms with E-state index >= 15 is 0 Å². The van der Waals surface area contributed by atoms with Gasteiger partial charge in [0.05, 0.1) is 0 Å². The molecule has 1 rings (SSSR count). The quantitative estimate of drug-likeness (QED) is 0.515. The minimum absolute atomic E-state index is 0.191. The number of urea groups is 1. The molecule has 6 heteroatoms. The molecule has 0 bridgehead atoms. The van der Waals surface area contributed by atoms with Crippen molar-refractivity contribution in [1.29, 1.82) is 0 Å². The van der Waals surface area contributed by atoms with Crippen LogP contribution in [0.25, 0.3) is 0 Å². The van der Waals surface area contributed by atoms with Crippen molar-refractivity contribution in [3.63, 3.8) is 0 Å². The van der Waals surface area contributed by atoms with Crippen LogP contribution >= 0.6 is 0 Å². The Bertz CT molecular complexity index is 400. The smallest absolute Gasteiger partial charge is 0.318 e. The van der Waals surface area contributed by atoms with Gasteiger partial charge in [-0.25, -0.2) is 4.79 Å². The van der Waals surface area contributed by atoms with E-state index < -0.39 is 5.91 Å². The summed E-state index contributed by atoms with van der Waals surface area (Å²) in [4.78, 5) is 31.8. The van der Waals surface area contributed by atoms with Gasteiger partial charge in [0.25, 0.3) is 5.91 Å². The lowest BCUT2D eigenvalue weighted by atomic mass is 10.3. The van der Waals surface area contributed by atoms with Crippen molar-refractivity contribution in [3.05, 3.63) is 24.3 Å². The van der Waals surface area contributed by atoms with Gasteiger partial charge in [0.1, 0.15) is 0 Å². The lowest BCUT2D eigenvalue weighted by Gasteiger charge is -2.05. The van der Waals surface area contributed by atoms with Gasteiger partial charge in [-0.2, -0.15) is 0 Å². The molecule has 0 unspecified atom stereocenters. The summed E-state index contributed by atoms with van der Waals surface area (Å²) in [5, 5.41) is 7.31. The number of anilines is 2. The molecule has 0 radical (unpaired) electrons. The summed E-state index contributed by atoms with van der Waals surface area (Å²) in [5.74, 6) is -0.716. The van der Waals surface area contributed by atoms with Crippen molar-refractivity contribution in [1.82, 2.24) is 5.32 Å². The Morgan fingerprint density at radius 1 is 1.06 bits per heavy atom. The Morgan fingerprint density at radius 2 is 1.56 bits per heavy atom. The predicted octanol–water partition coefficient (Wildman–Crippen LogP) is 0.575. The molecule has 0 aromatic heterocycles. The molecule has 3 N–H and O–H groups in total. The molecule has 0 saturated carbocycles. The first-order chi connectivity index (χ1) is 7.65. The maximum Gasteiger partial charge on any atom is 0.318 e. The Morgan fingerprint density at radius 3 is 2.00 bits per heavy atom. The van der Waals surface area contributed by atoms with Crippen molar-refractivity contribution in [3.8, 4) is 0 Å². The number of carbonyl (C=O) groups is 3. The second kappa shape index (κ2) is 5.50.